The number of aromatic nitrogens is 1. The zero-order valence-electron chi connectivity index (χ0n) is 16.6. The first-order chi connectivity index (χ1) is 12.9. The van der Waals surface area contributed by atoms with Gasteiger partial charge in [0, 0.05) is 18.1 Å². The van der Waals surface area contributed by atoms with Crippen molar-refractivity contribution in [3.05, 3.63) is 41.1 Å². The number of rotatable bonds is 5. The summed E-state index contributed by atoms with van der Waals surface area (Å²) in [4.78, 5) is 29.3. The number of carbonyl (C=O) groups excluding carboxylic acids is 2. The van der Waals surface area contributed by atoms with Crippen LogP contribution in [0.4, 0.5) is 0 Å². The van der Waals surface area contributed by atoms with Crippen LogP contribution in [0, 0.1) is 11.3 Å². The molecule has 0 spiro atoms. The highest BCUT2D eigenvalue weighted by molar-refractivity contribution is 6.05. The van der Waals surface area contributed by atoms with Gasteiger partial charge in [0.05, 0.1) is 11.1 Å². The maximum atomic E-state index is 12.9. The van der Waals surface area contributed by atoms with E-state index in [1.165, 1.54) is 7.05 Å². The number of hydrogen-bond acceptors (Lipinski definition) is 4. The molecule has 0 aliphatic heterocycles. The molecule has 1 aliphatic rings. The fraction of sp³-hybridized carbons (Fsp3) is 0.500. The number of para-hydroxylation sites is 1. The van der Waals surface area contributed by atoms with Gasteiger partial charge >= 0.3 is 5.97 Å². The van der Waals surface area contributed by atoms with Crippen molar-refractivity contribution in [1.29, 1.82) is 0 Å². The van der Waals surface area contributed by atoms with Crippen LogP contribution in [0.25, 0.3) is 10.9 Å². The Morgan fingerprint density at radius 3 is 2.74 bits per heavy atom. The van der Waals surface area contributed by atoms with Crippen molar-refractivity contribution in [3.63, 3.8) is 0 Å². The Balaban J connectivity index is 2.06. The Morgan fingerprint density at radius 2 is 2.04 bits per heavy atom. The van der Waals surface area contributed by atoms with E-state index in [-0.39, 0.29) is 17.9 Å². The van der Waals surface area contributed by atoms with E-state index in [1.807, 2.05) is 24.3 Å². The van der Waals surface area contributed by atoms with Crippen molar-refractivity contribution in [2.24, 2.45) is 11.3 Å². The monoisotopic (exact) mass is 368 g/mol. The number of pyridine rings is 1. The molecule has 2 aromatic rings. The summed E-state index contributed by atoms with van der Waals surface area (Å²) in [5, 5.41) is 3.28. The van der Waals surface area contributed by atoms with Crippen LogP contribution in [0.3, 0.4) is 0 Å². The first-order valence-electron chi connectivity index (χ1n) is 9.65. The van der Waals surface area contributed by atoms with E-state index >= 15 is 0 Å². The quantitative estimate of drug-likeness (QED) is 0.818. The van der Waals surface area contributed by atoms with Gasteiger partial charge < -0.3 is 10.1 Å². The largest absolute Gasteiger partial charge is 0.452 e. The molecule has 1 aromatic heterocycles. The molecule has 1 amide bonds. The Bertz CT molecular complexity index is 873. The number of aryl methyl sites for hydroxylation is 1. The minimum atomic E-state index is -0.441. The summed E-state index contributed by atoms with van der Waals surface area (Å²) in [6.07, 6.45) is 3.85. The minimum absolute atomic E-state index is 0.201. The second-order valence-electron chi connectivity index (χ2n) is 7.96. The van der Waals surface area contributed by atoms with Crippen LogP contribution in [-0.4, -0.2) is 30.5 Å². The van der Waals surface area contributed by atoms with E-state index in [4.69, 9.17) is 9.72 Å². The lowest BCUT2D eigenvalue weighted by Gasteiger charge is -2.37. The molecule has 27 heavy (non-hydrogen) atoms. The lowest BCUT2D eigenvalue weighted by molar-refractivity contribution is -0.123. The summed E-state index contributed by atoms with van der Waals surface area (Å²) in [6.45, 7) is 6.53. The summed E-state index contributed by atoms with van der Waals surface area (Å²) in [5.41, 5.74) is 3.57. The molecule has 1 atom stereocenters. The molecule has 144 valence electrons. The highest BCUT2D eigenvalue weighted by Gasteiger charge is 2.34. The van der Waals surface area contributed by atoms with Gasteiger partial charge in [-0.15, -0.1) is 0 Å². The molecule has 0 radical (unpaired) electrons. The van der Waals surface area contributed by atoms with Crippen LogP contribution in [0.5, 0.6) is 0 Å². The van der Waals surface area contributed by atoms with Crippen LogP contribution in [0.15, 0.2) is 24.3 Å². The van der Waals surface area contributed by atoms with Gasteiger partial charge in [-0.05, 0) is 42.2 Å². The highest BCUT2D eigenvalue weighted by Crippen LogP contribution is 2.41. The first kappa shape index (κ1) is 19.3. The molecule has 3 rings (SSSR count). The molecule has 0 saturated heterocycles. The standard InChI is InChI=1S/C22H28N2O3/c1-5-22(2,3)14-10-11-18-16(12-14)20(21(26)27-13-19(25)23-4)15-8-6-7-9-17(15)24-18/h6-9,14H,5,10-13H2,1-4H3,(H,23,25). The van der Waals surface area contributed by atoms with Crippen LogP contribution in [0.2, 0.25) is 0 Å². The fourth-order valence-electron chi connectivity index (χ4n) is 3.85. The van der Waals surface area contributed by atoms with E-state index in [2.05, 4.69) is 26.1 Å². The van der Waals surface area contributed by atoms with Crippen molar-refractivity contribution in [2.45, 2.75) is 46.5 Å². The smallest absolute Gasteiger partial charge is 0.339 e. The van der Waals surface area contributed by atoms with E-state index in [0.717, 1.165) is 47.8 Å². The number of hydrogen-bond donors (Lipinski definition) is 1. The Kier molecular flexibility index (Phi) is 5.49. The number of esters is 1. The molecule has 1 heterocycles. The molecule has 0 bridgehead atoms. The third-order valence-electron chi connectivity index (χ3n) is 6.09. The Labute approximate surface area is 160 Å². The maximum Gasteiger partial charge on any atom is 0.339 e. The van der Waals surface area contributed by atoms with Crippen LogP contribution >= 0.6 is 0 Å². The maximum absolute atomic E-state index is 12.9. The lowest BCUT2D eigenvalue weighted by atomic mass is 9.68. The van der Waals surface area contributed by atoms with Gasteiger partial charge in [-0.3, -0.25) is 9.78 Å². The third-order valence-corrected chi connectivity index (χ3v) is 6.09. The average Bonchev–Trinajstić information content (AvgIpc) is 2.69. The number of amides is 1. The summed E-state index contributed by atoms with van der Waals surface area (Å²) in [5.74, 6) is -0.271. The second kappa shape index (κ2) is 7.67. The second-order valence-corrected chi connectivity index (χ2v) is 7.96. The summed E-state index contributed by atoms with van der Waals surface area (Å²) in [6, 6.07) is 7.66. The number of benzene rings is 1. The molecule has 1 unspecified atom stereocenters. The van der Waals surface area contributed by atoms with Crippen molar-refractivity contribution in [3.8, 4) is 0 Å². The van der Waals surface area contributed by atoms with E-state index in [1.54, 1.807) is 0 Å². The number of ether oxygens (including phenoxy) is 1. The van der Waals surface area contributed by atoms with Crippen molar-refractivity contribution in [1.82, 2.24) is 10.3 Å². The molecule has 5 nitrogen and oxygen atoms in total. The summed E-state index contributed by atoms with van der Waals surface area (Å²) in [7, 11) is 1.53. The van der Waals surface area contributed by atoms with E-state index in [9.17, 15) is 9.59 Å². The molecule has 1 aliphatic carbocycles. The number of nitrogens with zero attached hydrogens (tertiary/aromatic N) is 1. The minimum Gasteiger partial charge on any atom is -0.452 e. The van der Waals surface area contributed by atoms with Gasteiger partial charge in [0.25, 0.3) is 5.91 Å². The molecular formula is C22H28N2O3. The zero-order valence-corrected chi connectivity index (χ0v) is 16.6. The lowest BCUT2D eigenvalue weighted by Crippen LogP contribution is -2.31. The fourth-order valence-corrected chi connectivity index (χ4v) is 3.85. The van der Waals surface area contributed by atoms with Gasteiger partial charge in [0.15, 0.2) is 6.61 Å². The zero-order chi connectivity index (χ0) is 19.6. The normalized spacial score (nSPS) is 16.7. The van der Waals surface area contributed by atoms with Gasteiger partial charge in [0.1, 0.15) is 0 Å². The number of carbonyl (C=O) groups is 2. The van der Waals surface area contributed by atoms with Gasteiger partial charge in [-0.1, -0.05) is 45.4 Å². The predicted octanol–water partition coefficient (Wildman–Crippen LogP) is 3.68. The molecule has 1 aromatic carbocycles. The highest BCUT2D eigenvalue weighted by atomic mass is 16.5. The molecular weight excluding hydrogens is 340 g/mol. The van der Waals surface area contributed by atoms with Gasteiger partial charge in [0.2, 0.25) is 0 Å². The number of nitrogens with one attached hydrogen (secondary N) is 1. The van der Waals surface area contributed by atoms with E-state index < -0.39 is 5.97 Å². The van der Waals surface area contributed by atoms with Crippen LogP contribution < -0.4 is 5.32 Å². The molecule has 0 saturated carbocycles. The molecule has 5 heteroatoms. The number of fused-ring (bicyclic) bond motifs is 2. The van der Waals surface area contributed by atoms with Crippen molar-refractivity contribution >= 4 is 22.8 Å². The number of likely N-dealkylation sites (N-methyl/N-ethyl adjacent to an activating group) is 1. The molecule has 0 fully saturated rings. The van der Waals surface area contributed by atoms with Gasteiger partial charge in [-0.25, -0.2) is 4.79 Å². The summed E-state index contributed by atoms with van der Waals surface area (Å²) >= 11 is 0. The third kappa shape index (κ3) is 3.82. The van der Waals surface area contributed by atoms with Crippen molar-refractivity contribution < 1.29 is 14.3 Å². The Hall–Kier alpha value is -2.43. The van der Waals surface area contributed by atoms with Crippen LogP contribution in [0.1, 0.15) is 55.2 Å². The van der Waals surface area contributed by atoms with Crippen molar-refractivity contribution in [2.75, 3.05) is 13.7 Å². The van der Waals surface area contributed by atoms with Crippen LogP contribution in [-0.2, 0) is 22.4 Å². The summed E-state index contributed by atoms with van der Waals surface area (Å²) < 4.78 is 5.32. The predicted molar refractivity (Wildman–Crippen MR) is 106 cm³/mol. The average molecular weight is 368 g/mol. The SMILES string of the molecule is CCC(C)(C)C1CCc2nc3ccccc3c(C(=O)OCC(=O)NC)c2C1. The van der Waals surface area contributed by atoms with Gasteiger partial charge in [-0.2, -0.15) is 0 Å². The Morgan fingerprint density at radius 1 is 1.30 bits per heavy atom. The van der Waals surface area contributed by atoms with E-state index in [0.29, 0.717) is 11.5 Å². The molecule has 1 N–H and O–H groups in total. The first-order valence-corrected chi connectivity index (χ1v) is 9.65. The topological polar surface area (TPSA) is 68.3 Å².